The topological polar surface area (TPSA) is 55.4 Å². The first kappa shape index (κ1) is 19.3. The van der Waals surface area contributed by atoms with Crippen LogP contribution in [0.4, 0.5) is 10.1 Å². The number of ether oxygens (including phenoxy) is 1. The first-order chi connectivity index (χ1) is 13.6. The summed E-state index contributed by atoms with van der Waals surface area (Å²) in [5.41, 5.74) is 3.36. The van der Waals surface area contributed by atoms with E-state index in [0.29, 0.717) is 12.1 Å². The number of para-hydroxylation sites is 1. The normalized spacial score (nSPS) is 10.3. The number of carbonyl (C=O) groups excluding carboxylic acids is 2. The van der Waals surface area contributed by atoms with Gasteiger partial charge < -0.3 is 10.1 Å². The summed E-state index contributed by atoms with van der Waals surface area (Å²) in [5, 5.41) is 2.79. The second kappa shape index (κ2) is 9.46. The molecule has 0 aliphatic rings. The van der Waals surface area contributed by atoms with E-state index in [1.807, 2.05) is 48.5 Å². The summed E-state index contributed by atoms with van der Waals surface area (Å²) in [6.07, 6.45) is 0.553. The minimum Gasteiger partial charge on any atom is -0.456 e. The van der Waals surface area contributed by atoms with Gasteiger partial charge in [-0.15, -0.1) is 0 Å². The van der Waals surface area contributed by atoms with E-state index in [1.165, 1.54) is 12.1 Å². The first-order valence-corrected chi connectivity index (χ1v) is 8.96. The lowest BCUT2D eigenvalue weighted by Gasteiger charge is -2.11. The molecular weight excluding hydrogens is 357 g/mol. The molecule has 0 aliphatic carbocycles. The Morgan fingerprint density at radius 3 is 2.29 bits per heavy atom. The van der Waals surface area contributed by atoms with Gasteiger partial charge in [-0.3, -0.25) is 9.59 Å². The lowest BCUT2D eigenvalue weighted by molar-refractivity contribution is -0.147. The number of halogens is 1. The van der Waals surface area contributed by atoms with Crippen molar-refractivity contribution in [1.82, 2.24) is 0 Å². The van der Waals surface area contributed by atoms with Gasteiger partial charge in [0.05, 0.1) is 0 Å². The van der Waals surface area contributed by atoms with E-state index >= 15 is 0 Å². The molecule has 0 saturated carbocycles. The van der Waals surface area contributed by atoms with E-state index in [-0.39, 0.29) is 18.8 Å². The Balaban J connectivity index is 1.51. The van der Waals surface area contributed by atoms with Crippen LogP contribution in [0.25, 0.3) is 11.1 Å². The molecule has 0 bridgehead atoms. The lowest BCUT2D eigenvalue weighted by Crippen LogP contribution is -2.21. The van der Waals surface area contributed by atoms with Gasteiger partial charge in [-0.25, -0.2) is 4.39 Å². The van der Waals surface area contributed by atoms with Gasteiger partial charge in [0, 0.05) is 17.7 Å². The molecule has 0 spiro atoms. The first-order valence-electron chi connectivity index (χ1n) is 8.96. The van der Waals surface area contributed by atoms with Crippen molar-refractivity contribution in [2.24, 2.45) is 0 Å². The minimum atomic E-state index is -0.476. The molecule has 0 fully saturated rings. The van der Waals surface area contributed by atoms with Gasteiger partial charge in [-0.1, -0.05) is 60.7 Å². The Morgan fingerprint density at radius 1 is 0.857 bits per heavy atom. The molecule has 0 unspecified atom stereocenters. The van der Waals surface area contributed by atoms with Crippen molar-refractivity contribution in [2.75, 3.05) is 11.9 Å². The van der Waals surface area contributed by atoms with Crippen LogP contribution in [0.5, 0.6) is 0 Å². The fourth-order valence-corrected chi connectivity index (χ4v) is 2.76. The summed E-state index contributed by atoms with van der Waals surface area (Å²) >= 11 is 0. The van der Waals surface area contributed by atoms with Crippen LogP contribution in [0.15, 0.2) is 78.9 Å². The van der Waals surface area contributed by atoms with Gasteiger partial charge in [-0.05, 0) is 35.7 Å². The van der Waals surface area contributed by atoms with Crippen LogP contribution in [-0.4, -0.2) is 18.5 Å². The third-order valence-electron chi connectivity index (χ3n) is 4.18. The molecule has 0 heterocycles. The molecule has 5 heteroatoms. The van der Waals surface area contributed by atoms with Gasteiger partial charge in [0.2, 0.25) is 0 Å². The molecule has 4 nitrogen and oxygen atoms in total. The minimum absolute atomic E-state index is 0.125. The van der Waals surface area contributed by atoms with Crippen LogP contribution in [0.2, 0.25) is 0 Å². The van der Waals surface area contributed by atoms with E-state index in [0.717, 1.165) is 16.7 Å². The van der Waals surface area contributed by atoms with Crippen LogP contribution in [0.1, 0.15) is 12.0 Å². The van der Waals surface area contributed by atoms with Gasteiger partial charge in [-0.2, -0.15) is 0 Å². The Hall–Kier alpha value is -3.47. The number of amides is 1. The molecule has 0 aromatic heterocycles. The van der Waals surface area contributed by atoms with Crippen molar-refractivity contribution in [3.05, 3.63) is 90.2 Å². The molecule has 28 heavy (non-hydrogen) atoms. The van der Waals surface area contributed by atoms with Crippen molar-refractivity contribution >= 4 is 17.6 Å². The van der Waals surface area contributed by atoms with E-state index in [2.05, 4.69) is 5.32 Å². The second-order valence-electron chi connectivity index (χ2n) is 6.25. The highest BCUT2D eigenvalue weighted by atomic mass is 19.1. The molecule has 142 valence electrons. The molecule has 3 rings (SSSR count). The highest BCUT2D eigenvalue weighted by Gasteiger charge is 2.11. The van der Waals surface area contributed by atoms with Gasteiger partial charge in [0.25, 0.3) is 5.91 Å². The average molecular weight is 377 g/mol. The van der Waals surface area contributed by atoms with Crippen LogP contribution in [0, 0.1) is 5.82 Å². The molecule has 1 N–H and O–H groups in total. The Morgan fingerprint density at radius 2 is 1.54 bits per heavy atom. The van der Waals surface area contributed by atoms with Crippen LogP contribution >= 0.6 is 0 Å². The maximum absolute atomic E-state index is 12.9. The van der Waals surface area contributed by atoms with Gasteiger partial charge in [0.1, 0.15) is 5.82 Å². The number of hydrogen-bond donors (Lipinski definition) is 1. The van der Waals surface area contributed by atoms with E-state index in [9.17, 15) is 14.0 Å². The fraction of sp³-hybridized carbons (Fsp3) is 0.130. The Kier molecular flexibility index (Phi) is 6.52. The predicted octanol–water partition coefficient (Wildman–Crippen LogP) is 4.61. The van der Waals surface area contributed by atoms with Crippen LogP contribution in [0.3, 0.4) is 0 Å². The van der Waals surface area contributed by atoms with Gasteiger partial charge >= 0.3 is 5.97 Å². The zero-order valence-corrected chi connectivity index (χ0v) is 15.2. The number of nitrogens with one attached hydrogen (secondary N) is 1. The fourth-order valence-electron chi connectivity index (χ4n) is 2.76. The number of anilines is 1. The number of hydrogen-bond acceptors (Lipinski definition) is 3. The van der Waals surface area contributed by atoms with Crippen molar-refractivity contribution in [3.63, 3.8) is 0 Å². The summed E-state index contributed by atoms with van der Waals surface area (Å²) in [4.78, 5) is 24.0. The summed E-state index contributed by atoms with van der Waals surface area (Å²) in [6.45, 7) is -0.356. The lowest BCUT2D eigenvalue weighted by atomic mass is 10.0. The summed E-state index contributed by atoms with van der Waals surface area (Å²) in [5.74, 6) is -1.20. The molecule has 0 radical (unpaired) electrons. The predicted molar refractivity (Wildman–Crippen MR) is 106 cm³/mol. The quantitative estimate of drug-likeness (QED) is 0.612. The third kappa shape index (κ3) is 5.51. The average Bonchev–Trinajstić information content (AvgIpc) is 2.73. The second-order valence-corrected chi connectivity index (χ2v) is 6.25. The van der Waals surface area contributed by atoms with E-state index in [1.54, 1.807) is 18.2 Å². The molecular formula is C23H20FNO3. The Labute approximate surface area is 163 Å². The molecule has 3 aromatic carbocycles. The number of carbonyl (C=O) groups is 2. The largest absolute Gasteiger partial charge is 0.456 e. The van der Waals surface area contributed by atoms with Crippen LogP contribution < -0.4 is 5.32 Å². The van der Waals surface area contributed by atoms with Crippen molar-refractivity contribution in [1.29, 1.82) is 0 Å². The van der Waals surface area contributed by atoms with E-state index < -0.39 is 11.9 Å². The third-order valence-corrected chi connectivity index (χ3v) is 4.18. The van der Waals surface area contributed by atoms with Crippen LogP contribution in [-0.2, 0) is 20.7 Å². The maximum Gasteiger partial charge on any atom is 0.306 e. The zero-order valence-electron chi connectivity index (χ0n) is 15.2. The highest BCUT2D eigenvalue weighted by Crippen LogP contribution is 2.27. The monoisotopic (exact) mass is 377 g/mol. The summed E-state index contributed by atoms with van der Waals surface area (Å²) in [6, 6.07) is 23.1. The molecule has 1 amide bonds. The molecule has 0 saturated heterocycles. The van der Waals surface area contributed by atoms with Gasteiger partial charge in [0.15, 0.2) is 6.61 Å². The van der Waals surface area contributed by atoms with E-state index in [4.69, 9.17) is 4.74 Å². The number of esters is 1. The van der Waals surface area contributed by atoms with Crippen molar-refractivity contribution in [2.45, 2.75) is 12.8 Å². The Bertz CT molecular complexity index is 940. The molecule has 3 aromatic rings. The number of aryl methyl sites for hydroxylation is 1. The summed E-state index contributed by atoms with van der Waals surface area (Å²) < 4.78 is 17.9. The van der Waals surface area contributed by atoms with Crippen molar-refractivity contribution < 1.29 is 18.7 Å². The molecule has 0 aliphatic heterocycles. The van der Waals surface area contributed by atoms with Crippen molar-refractivity contribution in [3.8, 4) is 11.1 Å². The number of rotatable bonds is 7. The molecule has 0 atom stereocenters. The summed E-state index contributed by atoms with van der Waals surface area (Å²) in [7, 11) is 0. The number of benzene rings is 3. The standard InChI is InChI=1S/C23H20FNO3/c24-19-13-10-17(11-14-19)12-15-23(27)28-16-22(26)25-21-9-5-4-8-20(21)18-6-2-1-3-7-18/h1-11,13-14H,12,15-16H2,(H,25,26). The highest BCUT2D eigenvalue weighted by molar-refractivity contribution is 5.96. The SMILES string of the molecule is O=C(COC(=O)CCc1ccc(F)cc1)Nc1ccccc1-c1ccccc1. The maximum atomic E-state index is 12.9. The smallest absolute Gasteiger partial charge is 0.306 e. The zero-order chi connectivity index (χ0) is 19.8.